The zero-order valence-electron chi connectivity index (χ0n) is 18.0. The van der Waals surface area contributed by atoms with Crippen LogP contribution in [0.5, 0.6) is 17.5 Å². The fourth-order valence-electron chi connectivity index (χ4n) is 3.83. The number of aromatic carboxylic acids is 1. The number of ether oxygens (including phenoxy) is 1. The Balaban J connectivity index is 1.45. The molecule has 7 heteroatoms. The Hall–Kier alpha value is -4.65. The number of imidazole rings is 1. The highest BCUT2D eigenvalue weighted by atomic mass is 19.1. The molecule has 0 aliphatic heterocycles. The summed E-state index contributed by atoms with van der Waals surface area (Å²) in [6.07, 6.45) is 0. The third kappa shape index (κ3) is 3.95. The lowest BCUT2D eigenvalue weighted by atomic mass is 9.99. The quantitative estimate of drug-likeness (QED) is 0.280. The molecule has 0 spiro atoms. The number of H-pyrrole nitrogens is 1. The summed E-state index contributed by atoms with van der Waals surface area (Å²) in [6.45, 7) is 1.70. The van der Waals surface area contributed by atoms with E-state index in [-0.39, 0.29) is 17.3 Å². The van der Waals surface area contributed by atoms with Gasteiger partial charge in [-0.15, -0.1) is 0 Å². The summed E-state index contributed by atoms with van der Waals surface area (Å²) >= 11 is 0. The van der Waals surface area contributed by atoms with E-state index in [0.717, 1.165) is 5.56 Å². The van der Waals surface area contributed by atoms with Gasteiger partial charge in [-0.3, -0.25) is 0 Å². The van der Waals surface area contributed by atoms with Crippen LogP contribution in [0, 0.1) is 12.7 Å². The molecule has 0 aliphatic carbocycles. The second-order valence-corrected chi connectivity index (χ2v) is 7.87. The topological polar surface area (TPSA) is 95.4 Å². The van der Waals surface area contributed by atoms with Crippen LogP contribution in [0.15, 0.2) is 78.9 Å². The van der Waals surface area contributed by atoms with E-state index in [1.54, 1.807) is 49.4 Å². The van der Waals surface area contributed by atoms with Crippen LogP contribution in [0.2, 0.25) is 0 Å². The molecule has 0 aliphatic rings. The number of benzene rings is 4. The van der Waals surface area contributed by atoms with Crippen molar-refractivity contribution >= 4 is 17.0 Å². The molecule has 0 amide bonds. The third-order valence-corrected chi connectivity index (χ3v) is 5.61. The molecule has 1 aromatic heterocycles. The number of aromatic hydroxyl groups is 1. The minimum Gasteiger partial charge on any atom is -0.507 e. The summed E-state index contributed by atoms with van der Waals surface area (Å²) in [5.41, 5.74) is 4.25. The number of rotatable bonds is 5. The van der Waals surface area contributed by atoms with Gasteiger partial charge in [0, 0.05) is 17.2 Å². The van der Waals surface area contributed by atoms with E-state index in [1.807, 2.05) is 24.3 Å². The minimum atomic E-state index is -1.05. The van der Waals surface area contributed by atoms with Crippen molar-refractivity contribution in [2.45, 2.75) is 6.92 Å². The van der Waals surface area contributed by atoms with Crippen LogP contribution in [0.25, 0.3) is 33.3 Å². The van der Waals surface area contributed by atoms with Gasteiger partial charge in [-0.05, 0) is 47.9 Å². The molecule has 3 N–H and O–H groups in total. The number of phenols is 1. The number of nitrogens with one attached hydrogen (secondary N) is 1. The van der Waals surface area contributed by atoms with Gasteiger partial charge in [0.2, 0.25) is 0 Å². The van der Waals surface area contributed by atoms with Gasteiger partial charge >= 0.3 is 5.97 Å². The number of hydrogen-bond acceptors (Lipinski definition) is 4. The molecule has 0 unspecified atom stereocenters. The zero-order valence-corrected chi connectivity index (χ0v) is 18.0. The number of aromatic amines is 1. The molecule has 4 aromatic carbocycles. The average molecular weight is 454 g/mol. The Morgan fingerprint density at radius 3 is 2.35 bits per heavy atom. The molecule has 0 saturated carbocycles. The van der Waals surface area contributed by atoms with E-state index in [9.17, 15) is 19.4 Å². The molecule has 5 rings (SSSR count). The number of carboxylic acid groups (broad SMARTS) is 1. The van der Waals surface area contributed by atoms with Crippen molar-refractivity contribution in [1.29, 1.82) is 0 Å². The lowest BCUT2D eigenvalue weighted by Crippen LogP contribution is -2.00. The summed E-state index contributed by atoms with van der Waals surface area (Å²) in [6, 6.07) is 22.1. The van der Waals surface area contributed by atoms with E-state index < -0.39 is 11.8 Å². The number of aryl methyl sites for hydroxylation is 1. The molecule has 6 nitrogen and oxygen atoms in total. The third-order valence-electron chi connectivity index (χ3n) is 5.61. The number of hydrogen-bond donors (Lipinski definition) is 3. The molecular formula is C27H19FN2O4. The maximum Gasteiger partial charge on any atom is 0.336 e. The summed E-state index contributed by atoms with van der Waals surface area (Å²) in [5.74, 6) is -0.993. The van der Waals surface area contributed by atoms with Crippen LogP contribution in [0.4, 0.5) is 4.39 Å². The summed E-state index contributed by atoms with van der Waals surface area (Å²) in [5, 5.41) is 19.4. The largest absolute Gasteiger partial charge is 0.507 e. The molecule has 0 saturated heterocycles. The van der Waals surface area contributed by atoms with Gasteiger partial charge in [-0.1, -0.05) is 48.5 Å². The van der Waals surface area contributed by atoms with Crippen molar-refractivity contribution in [3.8, 4) is 39.8 Å². The number of para-hydroxylation sites is 1. The highest BCUT2D eigenvalue weighted by Gasteiger charge is 2.14. The first-order valence-electron chi connectivity index (χ1n) is 10.5. The fourth-order valence-corrected chi connectivity index (χ4v) is 3.83. The predicted octanol–water partition coefficient (Wildman–Crippen LogP) is 6.54. The van der Waals surface area contributed by atoms with Crippen molar-refractivity contribution in [2.24, 2.45) is 0 Å². The number of carbonyl (C=O) groups is 1. The van der Waals surface area contributed by atoms with Gasteiger partial charge in [0.05, 0.1) is 16.6 Å². The minimum absolute atomic E-state index is 0.127. The zero-order chi connectivity index (χ0) is 23.8. The second-order valence-electron chi connectivity index (χ2n) is 7.87. The Kier molecular flexibility index (Phi) is 5.22. The van der Waals surface area contributed by atoms with Crippen molar-refractivity contribution in [3.05, 3.63) is 95.8 Å². The number of fused-ring (bicyclic) bond motifs is 1. The summed E-state index contributed by atoms with van der Waals surface area (Å²) in [4.78, 5) is 18.7. The standard InChI is InChI=1S/C27H19FN2O4/c1-15-6-11-18(12-20(15)26(32)33)34-27-29-23-13-21(22(28)14-24(23)30-27)17-9-7-16(8-10-17)19-4-2-3-5-25(19)31/h2-14,31H,1H3,(H,29,30)(H,32,33). The van der Waals surface area contributed by atoms with Gasteiger partial charge < -0.3 is 19.9 Å². The Morgan fingerprint density at radius 1 is 0.941 bits per heavy atom. The second kappa shape index (κ2) is 8.37. The average Bonchev–Trinajstić information content (AvgIpc) is 3.21. The maximum absolute atomic E-state index is 14.9. The van der Waals surface area contributed by atoms with Crippen LogP contribution < -0.4 is 4.74 Å². The highest BCUT2D eigenvalue weighted by molar-refractivity contribution is 5.90. The lowest BCUT2D eigenvalue weighted by Gasteiger charge is -2.07. The van der Waals surface area contributed by atoms with Gasteiger partial charge in [0.25, 0.3) is 6.01 Å². The maximum atomic E-state index is 14.9. The number of halogens is 1. The molecule has 34 heavy (non-hydrogen) atoms. The van der Waals surface area contributed by atoms with Crippen molar-refractivity contribution in [1.82, 2.24) is 9.97 Å². The van der Waals surface area contributed by atoms with E-state index in [2.05, 4.69) is 9.97 Å². The Labute approximate surface area is 193 Å². The van der Waals surface area contributed by atoms with E-state index >= 15 is 0 Å². The SMILES string of the molecule is Cc1ccc(Oc2nc3cc(-c4ccc(-c5ccccc5O)cc4)c(F)cc3[nH]2)cc1C(=O)O. The highest BCUT2D eigenvalue weighted by Crippen LogP contribution is 2.33. The molecule has 0 radical (unpaired) electrons. The first-order chi connectivity index (χ1) is 16.4. The monoisotopic (exact) mass is 454 g/mol. The summed E-state index contributed by atoms with van der Waals surface area (Å²) < 4.78 is 20.6. The molecular weight excluding hydrogens is 435 g/mol. The Morgan fingerprint density at radius 2 is 1.65 bits per heavy atom. The van der Waals surface area contributed by atoms with E-state index in [4.69, 9.17) is 4.74 Å². The van der Waals surface area contributed by atoms with Crippen molar-refractivity contribution in [3.63, 3.8) is 0 Å². The number of aromatic nitrogens is 2. The lowest BCUT2D eigenvalue weighted by molar-refractivity contribution is 0.0695. The van der Waals surface area contributed by atoms with E-state index in [1.165, 1.54) is 12.1 Å². The van der Waals surface area contributed by atoms with Gasteiger partial charge in [0.1, 0.15) is 17.3 Å². The first kappa shape index (κ1) is 21.2. The molecule has 5 aromatic rings. The van der Waals surface area contributed by atoms with Crippen LogP contribution in [0.1, 0.15) is 15.9 Å². The smallest absolute Gasteiger partial charge is 0.336 e. The van der Waals surface area contributed by atoms with Crippen LogP contribution in [-0.4, -0.2) is 26.2 Å². The van der Waals surface area contributed by atoms with Crippen LogP contribution in [-0.2, 0) is 0 Å². The number of carboxylic acids is 1. The Bertz CT molecular complexity index is 1540. The van der Waals surface area contributed by atoms with Gasteiger partial charge in [0.15, 0.2) is 0 Å². The summed E-state index contributed by atoms with van der Waals surface area (Å²) in [7, 11) is 0. The fraction of sp³-hybridized carbons (Fsp3) is 0.0370. The van der Waals surface area contributed by atoms with E-state index in [0.29, 0.717) is 39.0 Å². The number of nitrogens with zero attached hydrogens (tertiary/aromatic N) is 1. The van der Waals surface area contributed by atoms with Crippen molar-refractivity contribution < 1.29 is 24.1 Å². The van der Waals surface area contributed by atoms with Crippen molar-refractivity contribution in [2.75, 3.05) is 0 Å². The molecule has 0 atom stereocenters. The molecule has 0 fully saturated rings. The molecule has 168 valence electrons. The van der Waals surface area contributed by atoms with Gasteiger partial charge in [-0.25, -0.2) is 9.18 Å². The normalized spacial score (nSPS) is 11.0. The molecule has 0 bridgehead atoms. The van der Waals surface area contributed by atoms with Crippen LogP contribution in [0.3, 0.4) is 0 Å². The van der Waals surface area contributed by atoms with Gasteiger partial charge in [-0.2, -0.15) is 4.98 Å². The predicted molar refractivity (Wildman–Crippen MR) is 127 cm³/mol. The first-order valence-corrected chi connectivity index (χ1v) is 10.5. The molecule has 1 heterocycles. The van der Waals surface area contributed by atoms with Crippen LogP contribution >= 0.6 is 0 Å². The number of phenolic OH excluding ortho intramolecular Hbond substituents is 1.